The Morgan fingerprint density at radius 1 is 1.16 bits per heavy atom. The Bertz CT molecular complexity index is 369. The number of nitrogens with zero attached hydrogens (tertiary/aromatic N) is 1. The topological polar surface area (TPSA) is 37.4 Å². The molecule has 0 aromatic heterocycles. The molecule has 1 aliphatic heterocycles. The first-order valence-corrected chi connectivity index (χ1v) is 8.35. The lowest BCUT2D eigenvalue weighted by Crippen LogP contribution is -2.43. The highest BCUT2D eigenvalue weighted by Crippen LogP contribution is 2.31. The molecule has 0 spiro atoms. The predicted molar refractivity (Wildman–Crippen MR) is 68.2 cm³/mol. The second-order valence-corrected chi connectivity index (χ2v) is 7.15. The van der Waals surface area contributed by atoms with E-state index in [0.29, 0.717) is 24.7 Å². The van der Waals surface area contributed by atoms with Crippen LogP contribution in [0.1, 0.15) is 39.5 Å². The largest absolute Gasteiger partial charge is 0.404 e. The number of hydrogen-bond donors (Lipinski definition) is 0. The van der Waals surface area contributed by atoms with Crippen molar-refractivity contribution < 1.29 is 21.6 Å². The monoisotopic (exact) mass is 301 g/mol. The lowest BCUT2D eigenvalue weighted by molar-refractivity contribution is -0.107. The predicted octanol–water partition coefficient (Wildman–Crippen LogP) is 3.03. The van der Waals surface area contributed by atoms with Gasteiger partial charge in [0.2, 0.25) is 10.0 Å². The molecular weight excluding hydrogens is 279 g/mol. The fourth-order valence-corrected chi connectivity index (χ4v) is 4.24. The molecule has 114 valence electrons. The second-order valence-electron chi connectivity index (χ2n) is 5.18. The summed E-state index contributed by atoms with van der Waals surface area (Å²) >= 11 is 0. The molecule has 0 atom stereocenters. The fourth-order valence-electron chi connectivity index (χ4n) is 2.88. The number of alkyl halides is 3. The van der Waals surface area contributed by atoms with Crippen LogP contribution in [0, 0.1) is 11.8 Å². The van der Waals surface area contributed by atoms with Gasteiger partial charge < -0.3 is 0 Å². The third kappa shape index (κ3) is 4.95. The summed E-state index contributed by atoms with van der Waals surface area (Å²) in [4.78, 5) is 0. The van der Waals surface area contributed by atoms with E-state index in [1.165, 1.54) is 0 Å². The molecule has 1 heterocycles. The first-order valence-electron chi connectivity index (χ1n) is 6.74. The lowest BCUT2D eigenvalue weighted by Gasteiger charge is -2.35. The molecule has 1 aliphatic rings. The Morgan fingerprint density at radius 3 is 2.00 bits per heavy atom. The molecule has 0 amide bonds. The molecule has 0 saturated carbocycles. The highest BCUT2D eigenvalue weighted by molar-refractivity contribution is 7.89. The lowest BCUT2D eigenvalue weighted by atomic mass is 9.82. The summed E-state index contributed by atoms with van der Waals surface area (Å²) in [6, 6.07) is 0. The van der Waals surface area contributed by atoms with Crippen LogP contribution in [0.5, 0.6) is 0 Å². The van der Waals surface area contributed by atoms with Crippen molar-refractivity contribution in [2.24, 2.45) is 11.8 Å². The summed E-state index contributed by atoms with van der Waals surface area (Å²) in [6.45, 7) is 4.64. The molecule has 7 heteroatoms. The molecule has 0 unspecified atom stereocenters. The van der Waals surface area contributed by atoms with Crippen molar-refractivity contribution in [1.82, 2.24) is 4.31 Å². The first-order chi connectivity index (χ1) is 8.69. The summed E-state index contributed by atoms with van der Waals surface area (Å²) in [5.74, 6) is -0.754. The minimum atomic E-state index is -4.66. The normalized spacial score (nSPS) is 20.1. The second kappa shape index (κ2) is 6.43. The third-order valence-corrected chi connectivity index (χ3v) is 5.80. The van der Waals surface area contributed by atoms with Crippen LogP contribution in [0.3, 0.4) is 0 Å². The van der Waals surface area contributed by atoms with Crippen LogP contribution in [-0.2, 0) is 10.0 Å². The average Bonchev–Trinajstić information content (AvgIpc) is 2.28. The minimum Gasteiger partial charge on any atom is -0.212 e. The molecule has 19 heavy (non-hydrogen) atoms. The number of rotatable bonds is 5. The van der Waals surface area contributed by atoms with E-state index >= 15 is 0 Å². The quantitative estimate of drug-likeness (QED) is 0.783. The van der Waals surface area contributed by atoms with Gasteiger partial charge in [-0.2, -0.15) is 13.2 Å². The van der Waals surface area contributed by atoms with E-state index in [0.717, 1.165) is 17.1 Å². The van der Waals surface area contributed by atoms with E-state index in [9.17, 15) is 21.6 Å². The molecule has 0 radical (unpaired) electrons. The van der Waals surface area contributed by atoms with Gasteiger partial charge in [0.15, 0.2) is 5.75 Å². The zero-order valence-corrected chi connectivity index (χ0v) is 12.2. The van der Waals surface area contributed by atoms with Gasteiger partial charge in [-0.1, -0.05) is 26.7 Å². The maximum atomic E-state index is 12.2. The Balaban J connectivity index is 2.58. The van der Waals surface area contributed by atoms with Gasteiger partial charge in [0.1, 0.15) is 0 Å². The standard InChI is InChI=1S/C12H22F3NO2S/c1-3-10(4-2)11-5-7-16(8-6-11)19(17,18)9-12(13,14)15/h10-11H,3-9H2,1-2H3. The van der Waals surface area contributed by atoms with Crippen LogP contribution in [0.2, 0.25) is 0 Å². The van der Waals surface area contributed by atoms with E-state index in [4.69, 9.17) is 0 Å². The van der Waals surface area contributed by atoms with E-state index in [2.05, 4.69) is 13.8 Å². The van der Waals surface area contributed by atoms with Crippen molar-refractivity contribution in [1.29, 1.82) is 0 Å². The Labute approximate surface area is 113 Å². The summed E-state index contributed by atoms with van der Waals surface area (Å²) < 4.78 is 60.9. The van der Waals surface area contributed by atoms with Crippen LogP contribution < -0.4 is 0 Å². The molecule has 0 aromatic carbocycles. The molecule has 3 nitrogen and oxygen atoms in total. The van der Waals surface area contributed by atoms with Crippen molar-refractivity contribution in [2.45, 2.75) is 45.7 Å². The Hall–Kier alpha value is -0.300. The third-order valence-electron chi connectivity index (χ3n) is 3.95. The minimum absolute atomic E-state index is 0.222. The van der Waals surface area contributed by atoms with Crippen LogP contribution >= 0.6 is 0 Å². The van der Waals surface area contributed by atoms with Gasteiger partial charge in [0.05, 0.1) is 0 Å². The molecule has 0 N–H and O–H groups in total. The number of piperidine rings is 1. The molecule has 1 fully saturated rings. The number of sulfonamides is 1. The average molecular weight is 301 g/mol. The number of halogens is 3. The first kappa shape index (κ1) is 16.8. The van der Waals surface area contributed by atoms with Crippen molar-refractivity contribution in [3.05, 3.63) is 0 Å². The van der Waals surface area contributed by atoms with E-state index in [-0.39, 0.29) is 13.1 Å². The molecule has 0 aliphatic carbocycles. The van der Waals surface area contributed by atoms with Crippen molar-refractivity contribution in [3.8, 4) is 0 Å². The SMILES string of the molecule is CCC(CC)C1CCN(S(=O)(=O)CC(F)(F)F)CC1. The zero-order chi connectivity index (χ0) is 14.7. The van der Waals surface area contributed by atoms with Crippen LogP contribution in [0.15, 0.2) is 0 Å². The van der Waals surface area contributed by atoms with Crippen LogP contribution in [0.4, 0.5) is 13.2 Å². The van der Waals surface area contributed by atoms with E-state index < -0.39 is 22.0 Å². The van der Waals surface area contributed by atoms with Gasteiger partial charge in [-0.3, -0.25) is 0 Å². The van der Waals surface area contributed by atoms with Gasteiger partial charge in [-0.25, -0.2) is 12.7 Å². The van der Waals surface area contributed by atoms with E-state index in [1.54, 1.807) is 0 Å². The van der Waals surface area contributed by atoms with E-state index in [1.807, 2.05) is 0 Å². The summed E-state index contributed by atoms with van der Waals surface area (Å²) in [6.07, 6.45) is -1.25. The van der Waals surface area contributed by atoms with Crippen LogP contribution in [-0.4, -0.2) is 37.7 Å². The zero-order valence-electron chi connectivity index (χ0n) is 11.4. The fraction of sp³-hybridized carbons (Fsp3) is 1.00. The molecule has 1 rings (SSSR count). The molecule has 0 bridgehead atoms. The van der Waals surface area contributed by atoms with Gasteiger partial charge in [0, 0.05) is 13.1 Å². The van der Waals surface area contributed by atoms with Gasteiger partial charge in [0.25, 0.3) is 0 Å². The Morgan fingerprint density at radius 2 is 1.63 bits per heavy atom. The van der Waals surface area contributed by atoms with Crippen molar-refractivity contribution >= 4 is 10.0 Å². The number of hydrogen-bond acceptors (Lipinski definition) is 2. The van der Waals surface area contributed by atoms with Gasteiger partial charge in [-0.05, 0) is 24.7 Å². The Kier molecular flexibility index (Phi) is 5.67. The molecule has 0 aromatic rings. The van der Waals surface area contributed by atoms with Gasteiger partial charge >= 0.3 is 6.18 Å². The maximum Gasteiger partial charge on any atom is 0.404 e. The van der Waals surface area contributed by atoms with Crippen molar-refractivity contribution in [3.63, 3.8) is 0 Å². The highest BCUT2D eigenvalue weighted by atomic mass is 32.2. The summed E-state index contributed by atoms with van der Waals surface area (Å²) in [7, 11) is -4.20. The maximum absolute atomic E-state index is 12.2. The molecule has 1 saturated heterocycles. The van der Waals surface area contributed by atoms with Crippen LogP contribution in [0.25, 0.3) is 0 Å². The van der Waals surface area contributed by atoms with Crippen molar-refractivity contribution in [2.75, 3.05) is 18.8 Å². The summed E-state index contributed by atoms with van der Waals surface area (Å²) in [5.41, 5.74) is 0. The summed E-state index contributed by atoms with van der Waals surface area (Å²) in [5, 5.41) is 0. The highest BCUT2D eigenvalue weighted by Gasteiger charge is 2.39. The molecular formula is C12H22F3NO2S. The smallest absolute Gasteiger partial charge is 0.212 e. The van der Waals surface area contributed by atoms with Gasteiger partial charge in [-0.15, -0.1) is 0 Å².